The van der Waals surface area contributed by atoms with Gasteiger partial charge in [-0.2, -0.15) is 0 Å². The van der Waals surface area contributed by atoms with Crippen LogP contribution in [-0.4, -0.2) is 23.3 Å². The summed E-state index contributed by atoms with van der Waals surface area (Å²) in [5, 5.41) is 10.6. The molecule has 0 atom stereocenters. The maximum absolute atomic E-state index is 11.8. The Bertz CT molecular complexity index is 631. The summed E-state index contributed by atoms with van der Waals surface area (Å²) in [4.78, 5) is 14.5. The first kappa shape index (κ1) is 12.3. The van der Waals surface area contributed by atoms with Gasteiger partial charge in [0.25, 0.3) is 5.56 Å². The van der Waals surface area contributed by atoms with E-state index in [2.05, 4.69) is 4.98 Å². The van der Waals surface area contributed by atoms with Crippen LogP contribution < -0.4 is 15.0 Å². The monoisotopic (exact) mass is 249 g/mol. The van der Waals surface area contributed by atoms with E-state index in [4.69, 9.17) is 9.47 Å². The molecule has 1 heterocycles. The van der Waals surface area contributed by atoms with Crippen molar-refractivity contribution in [2.24, 2.45) is 0 Å². The van der Waals surface area contributed by atoms with Crippen LogP contribution in [0, 0.1) is 0 Å². The minimum Gasteiger partial charge on any atom is -0.504 e. The van der Waals surface area contributed by atoms with E-state index in [-0.39, 0.29) is 17.6 Å². The number of hydrogen-bond acceptors (Lipinski definition) is 4. The molecule has 0 spiro atoms. The average molecular weight is 249 g/mol. The Hall–Kier alpha value is -2.17. The van der Waals surface area contributed by atoms with Crippen LogP contribution in [0.25, 0.3) is 10.9 Å². The summed E-state index contributed by atoms with van der Waals surface area (Å²) in [5.74, 6) is 0.405. The van der Waals surface area contributed by atoms with Crippen LogP contribution in [0.15, 0.2) is 23.0 Å². The van der Waals surface area contributed by atoms with Crippen molar-refractivity contribution in [2.75, 3.05) is 7.11 Å². The van der Waals surface area contributed by atoms with E-state index in [0.717, 1.165) is 0 Å². The molecule has 0 radical (unpaired) electrons. The zero-order valence-electron chi connectivity index (χ0n) is 10.5. The summed E-state index contributed by atoms with van der Waals surface area (Å²) in [7, 11) is 1.54. The highest BCUT2D eigenvalue weighted by Crippen LogP contribution is 2.32. The summed E-state index contributed by atoms with van der Waals surface area (Å²) < 4.78 is 10.4. The minimum atomic E-state index is -0.457. The molecule has 0 aliphatic heterocycles. The molecule has 5 heteroatoms. The quantitative estimate of drug-likeness (QED) is 0.873. The normalized spacial score (nSPS) is 10.9. The molecule has 5 nitrogen and oxygen atoms in total. The zero-order chi connectivity index (χ0) is 13.3. The van der Waals surface area contributed by atoms with Crippen molar-refractivity contribution in [2.45, 2.75) is 20.0 Å². The predicted octanol–water partition coefficient (Wildman–Crippen LogP) is 2.03. The molecule has 96 valence electrons. The second-order valence-electron chi connectivity index (χ2n) is 4.21. The van der Waals surface area contributed by atoms with Crippen LogP contribution in [0.2, 0.25) is 0 Å². The fourth-order valence-corrected chi connectivity index (χ4v) is 1.71. The summed E-state index contributed by atoms with van der Waals surface area (Å²) in [6.45, 7) is 3.58. The summed E-state index contributed by atoms with van der Waals surface area (Å²) >= 11 is 0. The Labute approximate surface area is 104 Å². The van der Waals surface area contributed by atoms with Crippen molar-refractivity contribution in [3.63, 3.8) is 0 Å². The van der Waals surface area contributed by atoms with Gasteiger partial charge in [-0.15, -0.1) is 0 Å². The van der Waals surface area contributed by atoms with Gasteiger partial charge >= 0.3 is 0 Å². The van der Waals surface area contributed by atoms with E-state index in [1.54, 1.807) is 32.0 Å². The maximum atomic E-state index is 11.8. The van der Waals surface area contributed by atoms with Gasteiger partial charge in [0, 0.05) is 11.5 Å². The predicted molar refractivity (Wildman–Crippen MR) is 68.5 cm³/mol. The number of H-pyrrole nitrogens is 1. The molecule has 1 aromatic carbocycles. The molecule has 18 heavy (non-hydrogen) atoms. The molecule has 0 bridgehead atoms. The van der Waals surface area contributed by atoms with Gasteiger partial charge in [-0.25, -0.2) is 0 Å². The summed E-state index contributed by atoms with van der Waals surface area (Å²) in [6.07, 6.45) is -0.187. The van der Waals surface area contributed by atoms with Crippen molar-refractivity contribution in [3.05, 3.63) is 28.6 Å². The minimum absolute atomic E-state index is 0.0531. The molecule has 0 unspecified atom stereocenters. The van der Waals surface area contributed by atoms with E-state index < -0.39 is 5.56 Å². The Morgan fingerprint density at radius 3 is 2.67 bits per heavy atom. The Balaban J connectivity index is 2.67. The lowest BCUT2D eigenvalue weighted by Gasteiger charge is -2.12. The molecule has 0 amide bonds. The van der Waals surface area contributed by atoms with Gasteiger partial charge in [-0.3, -0.25) is 4.79 Å². The smallest absolute Gasteiger partial charge is 0.294 e. The molecule has 1 aromatic heterocycles. The van der Waals surface area contributed by atoms with Crippen LogP contribution >= 0.6 is 0 Å². The van der Waals surface area contributed by atoms with Crippen molar-refractivity contribution in [3.8, 4) is 17.2 Å². The zero-order valence-corrected chi connectivity index (χ0v) is 10.5. The van der Waals surface area contributed by atoms with Gasteiger partial charge in [-0.1, -0.05) is 0 Å². The molecule has 0 aliphatic rings. The summed E-state index contributed by atoms with van der Waals surface area (Å²) in [6, 6.07) is 5.03. The van der Waals surface area contributed by atoms with Gasteiger partial charge in [0.1, 0.15) is 5.75 Å². The first-order chi connectivity index (χ1) is 8.52. The topological polar surface area (TPSA) is 71.5 Å². The van der Waals surface area contributed by atoms with Crippen LogP contribution in [-0.2, 0) is 0 Å². The van der Waals surface area contributed by atoms with Crippen LogP contribution in [0.4, 0.5) is 0 Å². The van der Waals surface area contributed by atoms with Crippen molar-refractivity contribution >= 4 is 10.9 Å². The first-order valence-electron chi connectivity index (χ1n) is 5.62. The molecule has 2 rings (SSSR count). The van der Waals surface area contributed by atoms with Crippen LogP contribution in [0.3, 0.4) is 0 Å². The standard InChI is InChI=1S/C13H15NO4/c1-7(2)18-12-11(15)9-5-4-8(17-3)6-10(9)14-13(12)16/h4-7H,1-3H3,(H2,14,15,16). The number of nitrogens with one attached hydrogen (secondary N) is 1. The second kappa shape index (κ2) is 4.60. The van der Waals surface area contributed by atoms with Crippen molar-refractivity contribution < 1.29 is 14.6 Å². The SMILES string of the molecule is COc1ccc2c(O)c(OC(C)C)c(=O)[nH]c2c1. The van der Waals surface area contributed by atoms with E-state index >= 15 is 0 Å². The third kappa shape index (κ3) is 2.11. The number of hydrogen-bond donors (Lipinski definition) is 2. The third-order valence-corrected chi connectivity index (χ3v) is 2.50. The molecule has 0 fully saturated rings. The second-order valence-corrected chi connectivity index (χ2v) is 4.21. The Kier molecular flexibility index (Phi) is 3.14. The highest BCUT2D eigenvalue weighted by atomic mass is 16.5. The number of rotatable bonds is 3. The van der Waals surface area contributed by atoms with Gasteiger partial charge in [-0.05, 0) is 26.0 Å². The lowest BCUT2D eigenvalue weighted by molar-refractivity contribution is 0.229. The van der Waals surface area contributed by atoms with E-state index in [0.29, 0.717) is 16.7 Å². The summed E-state index contributed by atoms with van der Waals surface area (Å²) in [5.41, 5.74) is 0.0508. The van der Waals surface area contributed by atoms with Crippen LogP contribution in [0.5, 0.6) is 17.2 Å². The molecular weight excluding hydrogens is 234 g/mol. The van der Waals surface area contributed by atoms with Gasteiger partial charge in [0.05, 0.1) is 18.7 Å². The number of aromatic nitrogens is 1. The van der Waals surface area contributed by atoms with Gasteiger partial charge < -0.3 is 19.6 Å². The van der Waals surface area contributed by atoms with Crippen LogP contribution in [0.1, 0.15) is 13.8 Å². The fraction of sp³-hybridized carbons (Fsp3) is 0.308. The number of pyridine rings is 1. The number of fused-ring (bicyclic) bond motifs is 1. The van der Waals surface area contributed by atoms with E-state index in [1.807, 2.05) is 0 Å². The largest absolute Gasteiger partial charge is 0.504 e. The molecule has 0 aliphatic carbocycles. The number of aromatic amines is 1. The lowest BCUT2D eigenvalue weighted by atomic mass is 10.2. The van der Waals surface area contributed by atoms with Gasteiger partial charge in [0.2, 0.25) is 5.75 Å². The molecule has 0 saturated carbocycles. The third-order valence-electron chi connectivity index (χ3n) is 2.50. The average Bonchev–Trinajstić information content (AvgIpc) is 2.33. The molecule has 2 N–H and O–H groups in total. The highest BCUT2D eigenvalue weighted by molar-refractivity contribution is 5.87. The maximum Gasteiger partial charge on any atom is 0.294 e. The molecule has 0 saturated heterocycles. The number of methoxy groups -OCH3 is 1. The number of aromatic hydroxyl groups is 1. The van der Waals surface area contributed by atoms with E-state index in [9.17, 15) is 9.90 Å². The van der Waals surface area contributed by atoms with Crippen molar-refractivity contribution in [1.29, 1.82) is 0 Å². The molecule has 2 aromatic rings. The van der Waals surface area contributed by atoms with Gasteiger partial charge in [0.15, 0.2) is 5.75 Å². The lowest BCUT2D eigenvalue weighted by Crippen LogP contribution is -2.16. The first-order valence-corrected chi connectivity index (χ1v) is 5.62. The fourth-order valence-electron chi connectivity index (χ4n) is 1.71. The highest BCUT2D eigenvalue weighted by Gasteiger charge is 2.14. The van der Waals surface area contributed by atoms with E-state index in [1.165, 1.54) is 7.11 Å². The Morgan fingerprint density at radius 1 is 1.33 bits per heavy atom. The van der Waals surface area contributed by atoms with Crippen molar-refractivity contribution in [1.82, 2.24) is 4.98 Å². The molecular formula is C13H15NO4. The Morgan fingerprint density at radius 2 is 2.06 bits per heavy atom. The number of benzene rings is 1. The number of ether oxygens (including phenoxy) is 2.